The fourth-order valence-corrected chi connectivity index (χ4v) is 10.5. The lowest BCUT2D eigenvalue weighted by atomic mass is 9.91. The van der Waals surface area contributed by atoms with Crippen molar-refractivity contribution >= 4 is 29.5 Å². The maximum atomic E-state index is 15.3. The van der Waals surface area contributed by atoms with Gasteiger partial charge in [0.15, 0.2) is 0 Å². The Bertz CT molecular complexity index is 1040. The minimum atomic E-state index is -3.25. The van der Waals surface area contributed by atoms with Crippen LogP contribution in [0.2, 0.25) is 0 Å². The van der Waals surface area contributed by atoms with Gasteiger partial charge in [-0.3, -0.25) is 0 Å². The molecule has 0 spiro atoms. The van der Waals surface area contributed by atoms with Crippen LogP contribution in [0.1, 0.15) is 58.4 Å². The van der Waals surface area contributed by atoms with Crippen molar-refractivity contribution in [3.8, 4) is 0 Å². The molecule has 3 aromatic rings. The molecule has 0 fully saturated rings. The van der Waals surface area contributed by atoms with Gasteiger partial charge >= 0.3 is 0 Å². The molecule has 3 aromatic carbocycles. The monoisotopic (exact) mass is 538 g/mol. The van der Waals surface area contributed by atoms with Crippen LogP contribution in [0, 0.1) is 0 Å². The Morgan fingerprint density at radius 3 is 1.84 bits per heavy atom. The van der Waals surface area contributed by atoms with Gasteiger partial charge in [-0.2, -0.15) is 11.8 Å². The molecule has 0 radical (unpaired) electrons. The van der Waals surface area contributed by atoms with E-state index in [-0.39, 0.29) is 0 Å². The molecular formula is C32H43O3PS. The van der Waals surface area contributed by atoms with Crippen LogP contribution in [0.5, 0.6) is 0 Å². The Labute approximate surface area is 228 Å². The smallest absolute Gasteiger partial charge is 0.149 e. The quantitative estimate of drug-likeness (QED) is 0.165. The highest BCUT2D eigenvalue weighted by Gasteiger charge is 2.51. The third-order valence-corrected chi connectivity index (χ3v) is 12.8. The maximum Gasteiger partial charge on any atom is 0.149 e. The van der Waals surface area contributed by atoms with Crippen molar-refractivity contribution in [1.82, 2.24) is 0 Å². The lowest BCUT2D eigenvalue weighted by Crippen LogP contribution is -2.54. The molecule has 0 aliphatic heterocycles. The third-order valence-electron chi connectivity index (χ3n) is 7.24. The van der Waals surface area contributed by atoms with Gasteiger partial charge in [0.05, 0.1) is 22.6 Å². The number of aliphatic hydroxyl groups is 2. The SMILES string of the molecule is CCCCC[C@@H]([C@@](C)(O)[C@@H](SCCCc1ccccc1)[C@H](C)O)P(=O)(c1ccccc1)c1ccccc1. The molecule has 0 saturated heterocycles. The lowest BCUT2D eigenvalue weighted by Gasteiger charge is -2.44. The lowest BCUT2D eigenvalue weighted by molar-refractivity contribution is 0.0117. The molecule has 200 valence electrons. The van der Waals surface area contributed by atoms with E-state index in [0.717, 1.165) is 48.5 Å². The first-order valence-corrected chi connectivity index (χ1v) is 16.4. The summed E-state index contributed by atoms with van der Waals surface area (Å²) in [6, 6.07) is 29.7. The molecule has 3 nitrogen and oxygen atoms in total. The average Bonchev–Trinajstić information content (AvgIpc) is 2.91. The average molecular weight is 539 g/mol. The Morgan fingerprint density at radius 1 is 0.838 bits per heavy atom. The van der Waals surface area contributed by atoms with Crippen molar-refractivity contribution < 1.29 is 14.8 Å². The highest BCUT2D eigenvalue weighted by Crippen LogP contribution is 2.56. The van der Waals surface area contributed by atoms with Gasteiger partial charge in [0.25, 0.3) is 0 Å². The van der Waals surface area contributed by atoms with Crippen molar-refractivity contribution in [3.63, 3.8) is 0 Å². The summed E-state index contributed by atoms with van der Waals surface area (Å²) in [6.07, 6.45) is 4.73. The highest BCUT2D eigenvalue weighted by atomic mass is 32.2. The second kappa shape index (κ2) is 14.4. The van der Waals surface area contributed by atoms with Crippen LogP contribution in [0.15, 0.2) is 91.0 Å². The highest BCUT2D eigenvalue weighted by molar-refractivity contribution is 8.00. The van der Waals surface area contributed by atoms with Gasteiger partial charge in [-0.05, 0) is 44.4 Å². The van der Waals surface area contributed by atoms with Gasteiger partial charge in [-0.25, -0.2) is 0 Å². The predicted molar refractivity (Wildman–Crippen MR) is 161 cm³/mol. The number of aryl methyl sites for hydroxylation is 1. The van der Waals surface area contributed by atoms with E-state index < -0.39 is 29.8 Å². The number of aliphatic hydroxyl groups excluding tert-OH is 1. The zero-order chi connectivity index (χ0) is 26.7. The second-order valence-corrected chi connectivity index (χ2v) is 14.4. The van der Waals surface area contributed by atoms with Crippen LogP contribution >= 0.6 is 18.9 Å². The van der Waals surface area contributed by atoms with Crippen molar-refractivity contribution in [2.24, 2.45) is 0 Å². The summed E-state index contributed by atoms with van der Waals surface area (Å²) in [4.78, 5) is 0. The molecule has 0 bridgehead atoms. The zero-order valence-corrected chi connectivity index (χ0v) is 24.2. The molecule has 0 aliphatic rings. The molecule has 2 N–H and O–H groups in total. The summed E-state index contributed by atoms with van der Waals surface area (Å²) in [7, 11) is -3.25. The van der Waals surface area contributed by atoms with E-state index in [1.807, 2.05) is 73.7 Å². The molecule has 0 aliphatic carbocycles. The zero-order valence-electron chi connectivity index (χ0n) is 22.5. The van der Waals surface area contributed by atoms with Gasteiger partial charge in [0.1, 0.15) is 7.14 Å². The molecule has 3 rings (SSSR count). The molecule has 37 heavy (non-hydrogen) atoms. The molecule has 0 aromatic heterocycles. The fourth-order valence-electron chi connectivity index (χ4n) is 5.35. The van der Waals surface area contributed by atoms with Crippen molar-refractivity contribution in [3.05, 3.63) is 96.6 Å². The summed E-state index contributed by atoms with van der Waals surface area (Å²) in [5, 5.41) is 24.3. The minimum Gasteiger partial charge on any atom is -0.392 e. The first-order chi connectivity index (χ1) is 17.8. The molecule has 0 amide bonds. The Balaban J connectivity index is 1.96. The Morgan fingerprint density at radius 2 is 1.35 bits per heavy atom. The molecule has 4 atom stereocenters. The van der Waals surface area contributed by atoms with Gasteiger partial charge in [0.2, 0.25) is 0 Å². The molecule has 0 saturated carbocycles. The number of hydrogen-bond donors (Lipinski definition) is 2. The first-order valence-electron chi connectivity index (χ1n) is 13.6. The van der Waals surface area contributed by atoms with E-state index in [9.17, 15) is 10.2 Å². The molecular weight excluding hydrogens is 495 g/mol. The normalized spacial score (nSPS) is 16.0. The van der Waals surface area contributed by atoms with E-state index in [1.54, 1.807) is 18.7 Å². The van der Waals surface area contributed by atoms with E-state index >= 15 is 4.57 Å². The van der Waals surface area contributed by atoms with Crippen LogP contribution in [0.4, 0.5) is 0 Å². The van der Waals surface area contributed by atoms with Crippen molar-refractivity contribution in [1.29, 1.82) is 0 Å². The molecule has 0 unspecified atom stereocenters. The Hall–Kier alpha value is -1.84. The summed E-state index contributed by atoms with van der Waals surface area (Å²) < 4.78 is 15.3. The summed E-state index contributed by atoms with van der Waals surface area (Å²) in [6.45, 7) is 5.72. The standard InChI is InChI=1S/C32H43O3PS/c1-4-5-9-24-30(36(35,28-20-12-7-13-21-28)29-22-14-8-15-23-29)32(3,34)31(26(2)33)37-25-16-19-27-17-10-6-11-18-27/h6-8,10-15,17-18,20-23,26,30-31,33-34H,4-5,9,16,19,24-25H2,1-3H3/t26-,30-,31-,32+/m0/s1. The van der Waals surface area contributed by atoms with Gasteiger partial charge in [-0.1, -0.05) is 117 Å². The molecule has 0 heterocycles. The number of unbranched alkanes of at least 4 members (excludes halogenated alkanes) is 2. The second-order valence-electron chi connectivity index (χ2n) is 10.2. The fraction of sp³-hybridized carbons (Fsp3) is 0.438. The first kappa shape index (κ1) is 29.7. The Kier molecular flexibility index (Phi) is 11.5. The van der Waals surface area contributed by atoms with Crippen LogP contribution in [-0.4, -0.2) is 38.6 Å². The van der Waals surface area contributed by atoms with Crippen molar-refractivity contribution in [2.75, 3.05) is 5.75 Å². The van der Waals surface area contributed by atoms with Gasteiger partial charge < -0.3 is 14.8 Å². The summed E-state index contributed by atoms with van der Waals surface area (Å²) >= 11 is 1.61. The minimum absolute atomic E-state index is 0.462. The van der Waals surface area contributed by atoms with Crippen LogP contribution in [-0.2, 0) is 11.0 Å². The number of hydrogen-bond acceptors (Lipinski definition) is 4. The van der Waals surface area contributed by atoms with Gasteiger partial charge in [-0.15, -0.1) is 0 Å². The van der Waals surface area contributed by atoms with Crippen LogP contribution in [0.3, 0.4) is 0 Å². The number of benzene rings is 3. The maximum absolute atomic E-state index is 15.3. The summed E-state index contributed by atoms with van der Waals surface area (Å²) in [5.41, 5.74) is -0.573. The van der Waals surface area contributed by atoms with Crippen LogP contribution < -0.4 is 10.6 Å². The van der Waals surface area contributed by atoms with Crippen molar-refractivity contribution in [2.45, 2.75) is 81.9 Å². The predicted octanol–water partition coefficient (Wildman–Crippen LogP) is 6.82. The largest absolute Gasteiger partial charge is 0.392 e. The third kappa shape index (κ3) is 7.60. The topological polar surface area (TPSA) is 57.5 Å². The summed E-state index contributed by atoms with van der Waals surface area (Å²) in [5.74, 6) is 0.809. The van der Waals surface area contributed by atoms with Crippen LogP contribution in [0.25, 0.3) is 0 Å². The van der Waals surface area contributed by atoms with E-state index in [4.69, 9.17) is 0 Å². The number of thioether (sulfide) groups is 1. The van der Waals surface area contributed by atoms with E-state index in [0.29, 0.717) is 6.42 Å². The molecule has 5 heteroatoms. The van der Waals surface area contributed by atoms with E-state index in [2.05, 4.69) is 31.2 Å². The number of rotatable bonds is 15. The van der Waals surface area contributed by atoms with E-state index in [1.165, 1.54) is 5.56 Å². The van der Waals surface area contributed by atoms with Gasteiger partial charge in [0, 0.05) is 10.6 Å².